The zero-order valence-electron chi connectivity index (χ0n) is 9.33. The lowest BCUT2D eigenvalue weighted by Gasteiger charge is -2.09. The van der Waals surface area contributed by atoms with Gasteiger partial charge >= 0.3 is 0 Å². The summed E-state index contributed by atoms with van der Waals surface area (Å²) in [5, 5.41) is 0. The molecule has 1 fully saturated rings. The Kier molecular flexibility index (Phi) is 3.08. The summed E-state index contributed by atoms with van der Waals surface area (Å²) >= 11 is 0. The van der Waals surface area contributed by atoms with Gasteiger partial charge in [0.05, 0.1) is 6.61 Å². The molecule has 2 N–H and O–H groups in total. The van der Waals surface area contributed by atoms with Gasteiger partial charge in [-0.2, -0.15) is 0 Å². The number of nitrogens with two attached hydrogens (primary N) is 1. The zero-order chi connectivity index (χ0) is 10.7. The number of hydrogen-bond acceptors (Lipinski definition) is 2. The van der Waals surface area contributed by atoms with Gasteiger partial charge in [0.2, 0.25) is 0 Å². The minimum atomic E-state index is 0.111. The lowest BCUT2D eigenvalue weighted by Crippen LogP contribution is -2.24. The van der Waals surface area contributed by atoms with E-state index in [2.05, 4.69) is 24.3 Å². The third-order valence-corrected chi connectivity index (χ3v) is 3.03. The Labute approximate surface area is 91.4 Å². The van der Waals surface area contributed by atoms with E-state index in [-0.39, 0.29) is 5.54 Å². The molecule has 0 heterocycles. The molecule has 0 aromatic heterocycles. The third-order valence-electron chi connectivity index (χ3n) is 3.03. The number of methoxy groups -OCH3 is 1. The molecule has 1 aromatic carbocycles. The molecule has 2 rings (SSSR count). The van der Waals surface area contributed by atoms with Crippen LogP contribution < -0.4 is 5.73 Å². The highest BCUT2D eigenvalue weighted by atomic mass is 16.5. The molecule has 1 saturated carbocycles. The average molecular weight is 205 g/mol. The summed E-state index contributed by atoms with van der Waals surface area (Å²) in [6.45, 7) is 0.789. The van der Waals surface area contributed by atoms with E-state index in [4.69, 9.17) is 10.5 Å². The van der Waals surface area contributed by atoms with Crippen LogP contribution in [0.1, 0.15) is 24.0 Å². The maximum Gasteiger partial charge on any atom is 0.0502 e. The first-order valence-corrected chi connectivity index (χ1v) is 5.57. The van der Waals surface area contributed by atoms with Crippen LogP contribution in [0.5, 0.6) is 0 Å². The molecule has 1 aromatic rings. The average Bonchev–Trinajstić information content (AvgIpc) is 2.93. The topological polar surface area (TPSA) is 35.2 Å². The van der Waals surface area contributed by atoms with Crippen molar-refractivity contribution >= 4 is 0 Å². The third kappa shape index (κ3) is 3.05. The normalized spacial score (nSPS) is 17.7. The Bertz CT molecular complexity index is 331. The molecule has 0 atom stereocenters. The molecule has 0 unspecified atom stereocenters. The first-order valence-electron chi connectivity index (χ1n) is 5.57. The Morgan fingerprint density at radius 2 is 2.07 bits per heavy atom. The van der Waals surface area contributed by atoms with E-state index >= 15 is 0 Å². The summed E-state index contributed by atoms with van der Waals surface area (Å²) in [7, 11) is 1.74. The molecule has 0 bridgehead atoms. The Morgan fingerprint density at radius 1 is 1.33 bits per heavy atom. The molecular weight excluding hydrogens is 186 g/mol. The van der Waals surface area contributed by atoms with Crippen LogP contribution in [0.15, 0.2) is 24.3 Å². The molecule has 0 radical (unpaired) electrons. The number of benzene rings is 1. The molecule has 2 heteroatoms. The van der Waals surface area contributed by atoms with Crippen molar-refractivity contribution in [1.82, 2.24) is 0 Å². The molecular formula is C13H19NO. The van der Waals surface area contributed by atoms with E-state index in [1.165, 1.54) is 24.0 Å². The van der Waals surface area contributed by atoms with Crippen molar-refractivity contribution in [1.29, 1.82) is 0 Å². The van der Waals surface area contributed by atoms with Gasteiger partial charge in [-0.15, -0.1) is 0 Å². The fourth-order valence-electron chi connectivity index (χ4n) is 1.86. The second kappa shape index (κ2) is 4.33. The maximum absolute atomic E-state index is 6.10. The Balaban J connectivity index is 1.98. The second-order valence-electron chi connectivity index (χ2n) is 4.60. The molecule has 0 saturated heterocycles. The molecule has 15 heavy (non-hydrogen) atoms. The summed E-state index contributed by atoms with van der Waals surface area (Å²) in [5.74, 6) is 0. The van der Waals surface area contributed by atoms with Crippen LogP contribution in [0.3, 0.4) is 0 Å². The first-order chi connectivity index (χ1) is 7.22. The molecule has 0 amide bonds. The lowest BCUT2D eigenvalue weighted by atomic mass is 10.0. The Hall–Kier alpha value is -0.860. The first kappa shape index (κ1) is 10.7. The summed E-state index contributed by atoms with van der Waals surface area (Å²) < 4.78 is 5.07. The zero-order valence-corrected chi connectivity index (χ0v) is 9.33. The van der Waals surface area contributed by atoms with Crippen molar-refractivity contribution in [3.8, 4) is 0 Å². The smallest absolute Gasteiger partial charge is 0.0502 e. The standard InChI is InChI=1S/C13H19NO/c1-15-8-5-11-3-2-4-12(9-11)10-13(14)6-7-13/h2-4,9H,5-8,10,14H2,1H3. The largest absolute Gasteiger partial charge is 0.384 e. The van der Waals surface area contributed by atoms with Crippen molar-refractivity contribution in [3.63, 3.8) is 0 Å². The van der Waals surface area contributed by atoms with Gasteiger partial charge in [0, 0.05) is 12.6 Å². The number of rotatable bonds is 5. The van der Waals surface area contributed by atoms with E-state index in [0.29, 0.717) is 0 Å². The van der Waals surface area contributed by atoms with Crippen LogP contribution in [0.4, 0.5) is 0 Å². The molecule has 1 aliphatic rings. The van der Waals surface area contributed by atoms with Gasteiger partial charge in [-0.1, -0.05) is 24.3 Å². The van der Waals surface area contributed by atoms with E-state index < -0.39 is 0 Å². The SMILES string of the molecule is COCCc1cccc(CC2(N)CC2)c1. The van der Waals surface area contributed by atoms with Gasteiger partial charge in [-0.25, -0.2) is 0 Å². The second-order valence-corrected chi connectivity index (χ2v) is 4.60. The van der Waals surface area contributed by atoms with Gasteiger partial charge < -0.3 is 10.5 Å². The van der Waals surface area contributed by atoms with E-state index in [0.717, 1.165) is 19.4 Å². The van der Waals surface area contributed by atoms with E-state index in [1.807, 2.05) is 0 Å². The molecule has 0 spiro atoms. The van der Waals surface area contributed by atoms with Crippen LogP contribution >= 0.6 is 0 Å². The minimum Gasteiger partial charge on any atom is -0.384 e. The molecule has 0 aliphatic heterocycles. The summed E-state index contributed by atoms with van der Waals surface area (Å²) in [4.78, 5) is 0. The lowest BCUT2D eigenvalue weighted by molar-refractivity contribution is 0.202. The maximum atomic E-state index is 6.10. The molecule has 2 nitrogen and oxygen atoms in total. The van der Waals surface area contributed by atoms with Gasteiger partial charge in [-0.3, -0.25) is 0 Å². The van der Waals surface area contributed by atoms with Crippen LogP contribution in [-0.2, 0) is 17.6 Å². The highest BCUT2D eigenvalue weighted by Gasteiger charge is 2.37. The Morgan fingerprint density at radius 3 is 2.73 bits per heavy atom. The van der Waals surface area contributed by atoms with Gasteiger partial charge in [0.15, 0.2) is 0 Å². The van der Waals surface area contributed by atoms with Crippen molar-refractivity contribution in [3.05, 3.63) is 35.4 Å². The van der Waals surface area contributed by atoms with Crippen molar-refractivity contribution in [2.24, 2.45) is 5.73 Å². The van der Waals surface area contributed by atoms with Gasteiger partial charge in [0.1, 0.15) is 0 Å². The van der Waals surface area contributed by atoms with Crippen LogP contribution in [0, 0.1) is 0 Å². The van der Waals surface area contributed by atoms with Gasteiger partial charge in [-0.05, 0) is 36.8 Å². The highest BCUT2D eigenvalue weighted by Crippen LogP contribution is 2.35. The summed E-state index contributed by atoms with van der Waals surface area (Å²) in [6, 6.07) is 8.69. The summed E-state index contributed by atoms with van der Waals surface area (Å²) in [6.07, 6.45) is 4.36. The minimum absolute atomic E-state index is 0.111. The van der Waals surface area contributed by atoms with Crippen LogP contribution in [-0.4, -0.2) is 19.3 Å². The molecule has 82 valence electrons. The fraction of sp³-hybridized carbons (Fsp3) is 0.538. The van der Waals surface area contributed by atoms with Crippen LogP contribution in [0.25, 0.3) is 0 Å². The van der Waals surface area contributed by atoms with Crippen molar-refractivity contribution in [2.45, 2.75) is 31.2 Å². The van der Waals surface area contributed by atoms with E-state index in [9.17, 15) is 0 Å². The number of hydrogen-bond donors (Lipinski definition) is 1. The quantitative estimate of drug-likeness (QED) is 0.797. The summed E-state index contributed by atoms with van der Waals surface area (Å²) in [5.41, 5.74) is 8.93. The van der Waals surface area contributed by atoms with Crippen molar-refractivity contribution in [2.75, 3.05) is 13.7 Å². The monoisotopic (exact) mass is 205 g/mol. The predicted molar refractivity (Wildman–Crippen MR) is 61.9 cm³/mol. The highest BCUT2D eigenvalue weighted by molar-refractivity contribution is 5.26. The predicted octanol–water partition coefficient (Wildman–Crippen LogP) is 1.91. The van der Waals surface area contributed by atoms with E-state index in [1.54, 1.807) is 7.11 Å². The fourth-order valence-corrected chi connectivity index (χ4v) is 1.86. The van der Waals surface area contributed by atoms with Crippen LogP contribution in [0.2, 0.25) is 0 Å². The van der Waals surface area contributed by atoms with Gasteiger partial charge in [0.25, 0.3) is 0 Å². The van der Waals surface area contributed by atoms with Crippen molar-refractivity contribution < 1.29 is 4.74 Å². The molecule has 1 aliphatic carbocycles. The number of ether oxygens (including phenoxy) is 1.